The van der Waals surface area contributed by atoms with E-state index in [2.05, 4.69) is 28.2 Å². The van der Waals surface area contributed by atoms with Gasteiger partial charge in [-0.25, -0.2) is 0 Å². The van der Waals surface area contributed by atoms with E-state index in [4.69, 9.17) is 0 Å². The van der Waals surface area contributed by atoms with Crippen molar-refractivity contribution in [2.45, 2.75) is 45.6 Å². The number of piperidine rings is 1. The van der Waals surface area contributed by atoms with Gasteiger partial charge in [0.15, 0.2) is 0 Å². The summed E-state index contributed by atoms with van der Waals surface area (Å²) in [4.78, 5) is 26.4. The van der Waals surface area contributed by atoms with Gasteiger partial charge in [0.05, 0.1) is 6.42 Å². The molecule has 5 heteroatoms. The number of likely N-dealkylation sites (tertiary alicyclic amines) is 1. The topological polar surface area (TPSA) is 49.4 Å². The second-order valence-corrected chi connectivity index (χ2v) is 7.20. The maximum absolute atomic E-state index is 12.4. The number of halogens is 1. The Balaban J connectivity index is 1.82. The molecule has 0 aromatic heterocycles. The van der Waals surface area contributed by atoms with Gasteiger partial charge in [0.2, 0.25) is 11.8 Å². The molecule has 1 fully saturated rings. The zero-order valence-electron chi connectivity index (χ0n) is 13.8. The van der Waals surface area contributed by atoms with E-state index < -0.39 is 0 Å². The van der Waals surface area contributed by atoms with E-state index in [0.717, 1.165) is 29.3 Å². The van der Waals surface area contributed by atoms with Crippen molar-refractivity contribution in [1.82, 2.24) is 10.2 Å². The third-order valence-corrected chi connectivity index (χ3v) is 4.96. The second kappa shape index (κ2) is 8.48. The molecule has 1 aliphatic heterocycles. The molecule has 1 heterocycles. The fraction of sp³-hybridized carbons (Fsp3) is 0.556. The van der Waals surface area contributed by atoms with Crippen LogP contribution in [0.2, 0.25) is 0 Å². The molecule has 2 rings (SSSR count). The molecule has 1 atom stereocenters. The molecule has 4 nitrogen and oxygen atoms in total. The summed E-state index contributed by atoms with van der Waals surface area (Å²) in [6.07, 6.45) is 2.87. The number of benzene rings is 1. The van der Waals surface area contributed by atoms with Gasteiger partial charge in [0, 0.05) is 29.5 Å². The third-order valence-electron chi connectivity index (χ3n) is 4.46. The fourth-order valence-electron chi connectivity index (χ4n) is 2.79. The van der Waals surface area contributed by atoms with Crippen molar-refractivity contribution < 1.29 is 9.59 Å². The first kappa shape index (κ1) is 18.0. The highest BCUT2D eigenvalue weighted by molar-refractivity contribution is 9.10. The van der Waals surface area contributed by atoms with Crippen LogP contribution < -0.4 is 5.32 Å². The van der Waals surface area contributed by atoms with Gasteiger partial charge in [-0.3, -0.25) is 9.59 Å². The smallest absolute Gasteiger partial charge is 0.226 e. The number of amides is 2. The molecule has 1 saturated heterocycles. The summed E-state index contributed by atoms with van der Waals surface area (Å²) in [6, 6.07) is 8.06. The van der Waals surface area contributed by atoms with Crippen molar-refractivity contribution in [2.24, 2.45) is 5.92 Å². The molecule has 126 valence electrons. The first-order chi connectivity index (χ1) is 11.0. The van der Waals surface area contributed by atoms with Crippen LogP contribution in [-0.2, 0) is 16.0 Å². The van der Waals surface area contributed by atoms with Gasteiger partial charge in [-0.2, -0.15) is 0 Å². The van der Waals surface area contributed by atoms with Crippen LogP contribution in [0.25, 0.3) is 0 Å². The van der Waals surface area contributed by atoms with Crippen LogP contribution in [0.4, 0.5) is 0 Å². The predicted molar refractivity (Wildman–Crippen MR) is 95.0 cm³/mol. The van der Waals surface area contributed by atoms with E-state index in [1.807, 2.05) is 36.1 Å². The molecule has 0 bridgehead atoms. The molecule has 0 radical (unpaired) electrons. The number of carbonyl (C=O) groups excluding carboxylic acids is 2. The summed E-state index contributed by atoms with van der Waals surface area (Å²) >= 11 is 3.43. The second-order valence-electron chi connectivity index (χ2n) is 6.28. The lowest BCUT2D eigenvalue weighted by atomic mass is 9.95. The maximum Gasteiger partial charge on any atom is 0.226 e. The van der Waals surface area contributed by atoms with Crippen LogP contribution in [0, 0.1) is 5.92 Å². The Bertz CT molecular complexity index is 554. The molecule has 1 aromatic carbocycles. The standard InChI is InChI=1S/C18H25BrN2O2/c1-3-13(2)20-18(23)15-7-9-21(10-8-15)17(22)12-14-5-4-6-16(19)11-14/h4-6,11,13,15H,3,7-10,12H2,1-2H3,(H,20,23). The normalized spacial score (nSPS) is 16.9. The molecule has 1 N–H and O–H groups in total. The molecule has 1 unspecified atom stereocenters. The lowest BCUT2D eigenvalue weighted by molar-refractivity contribution is -0.135. The Morgan fingerprint density at radius 1 is 1.35 bits per heavy atom. The zero-order chi connectivity index (χ0) is 16.8. The minimum Gasteiger partial charge on any atom is -0.353 e. The van der Waals surface area contributed by atoms with Crippen molar-refractivity contribution in [3.63, 3.8) is 0 Å². The lowest BCUT2D eigenvalue weighted by Crippen LogP contribution is -2.45. The average Bonchev–Trinajstić information content (AvgIpc) is 2.54. The molecule has 0 spiro atoms. The van der Waals surface area contributed by atoms with E-state index in [9.17, 15) is 9.59 Å². The third kappa shape index (κ3) is 5.34. The van der Waals surface area contributed by atoms with Crippen LogP contribution >= 0.6 is 15.9 Å². The number of nitrogens with one attached hydrogen (secondary N) is 1. The fourth-order valence-corrected chi connectivity index (χ4v) is 3.23. The van der Waals surface area contributed by atoms with Gasteiger partial charge in [-0.1, -0.05) is 35.0 Å². The van der Waals surface area contributed by atoms with Crippen LogP contribution in [0.3, 0.4) is 0 Å². The molecule has 1 aliphatic rings. The van der Waals surface area contributed by atoms with E-state index in [1.165, 1.54) is 0 Å². The summed E-state index contributed by atoms with van der Waals surface area (Å²) in [5.74, 6) is 0.321. The van der Waals surface area contributed by atoms with Crippen molar-refractivity contribution >= 4 is 27.7 Å². The average molecular weight is 381 g/mol. The van der Waals surface area contributed by atoms with Crippen LogP contribution in [0.15, 0.2) is 28.7 Å². The molecule has 0 aliphatic carbocycles. The maximum atomic E-state index is 12.4. The zero-order valence-corrected chi connectivity index (χ0v) is 15.4. The van der Waals surface area contributed by atoms with Crippen molar-refractivity contribution in [2.75, 3.05) is 13.1 Å². The number of hydrogen-bond acceptors (Lipinski definition) is 2. The molecular formula is C18H25BrN2O2. The van der Waals surface area contributed by atoms with E-state index in [0.29, 0.717) is 19.5 Å². The predicted octanol–water partition coefficient (Wildman–Crippen LogP) is 3.14. The van der Waals surface area contributed by atoms with Gasteiger partial charge in [0.1, 0.15) is 0 Å². The van der Waals surface area contributed by atoms with Crippen molar-refractivity contribution in [3.8, 4) is 0 Å². The Hall–Kier alpha value is -1.36. The lowest BCUT2D eigenvalue weighted by Gasteiger charge is -2.32. The number of rotatable bonds is 5. The SMILES string of the molecule is CCC(C)NC(=O)C1CCN(C(=O)Cc2cccc(Br)c2)CC1. The van der Waals surface area contributed by atoms with E-state index in [1.54, 1.807) is 0 Å². The van der Waals surface area contributed by atoms with E-state index >= 15 is 0 Å². The van der Waals surface area contributed by atoms with Crippen LogP contribution in [0.1, 0.15) is 38.7 Å². The van der Waals surface area contributed by atoms with Crippen LogP contribution in [-0.4, -0.2) is 35.8 Å². The van der Waals surface area contributed by atoms with Gasteiger partial charge in [-0.05, 0) is 43.9 Å². The highest BCUT2D eigenvalue weighted by atomic mass is 79.9. The minimum atomic E-state index is 0.0407. The molecule has 2 amide bonds. The van der Waals surface area contributed by atoms with Crippen LogP contribution in [0.5, 0.6) is 0 Å². The van der Waals surface area contributed by atoms with E-state index in [-0.39, 0.29) is 23.8 Å². The number of nitrogens with zero attached hydrogens (tertiary/aromatic N) is 1. The summed E-state index contributed by atoms with van der Waals surface area (Å²) in [6.45, 7) is 5.43. The quantitative estimate of drug-likeness (QED) is 0.852. The Morgan fingerprint density at radius 3 is 2.65 bits per heavy atom. The summed E-state index contributed by atoms with van der Waals surface area (Å²) in [5.41, 5.74) is 1.01. The highest BCUT2D eigenvalue weighted by Gasteiger charge is 2.27. The van der Waals surface area contributed by atoms with Gasteiger partial charge in [-0.15, -0.1) is 0 Å². The molecular weight excluding hydrogens is 356 g/mol. The number of hydrogen-bond donors (Lipinski definition) is 1. The first-order valence-electron chi connectivity index (χ1n) is 8.32. The first-order valence-corrected chi connectivity index (χ1v) is 9.11. The molecule has 23 heavy (non-hydrogen) atoms. The Morgan fingerprint density at radius 2 is 2.04 bits per heavy atom. The molecule has 0 saturated carbocycles. The minimum absolute atomic E-state index is 0.0407. The largest absolute Gasteiger partial charge is 0.353 e. The van der Waals surface area contributed by atoms with Gasteiger partial charge in [0.25, 0.3) is 0 Å². The Labute approximate surface area is 146 Å². The summed E-state index contributed by atoms with van der Waals surface area (Å²) < 4.78 is 0.989. The summed E-state index contributed by atoms with van der Waals surface area (Å²) in [7, 11) is 0. The summed E-state index contributed by atoms with van der Waals surface area (Å²) in [5, 5.41) is 3.04. The number of carbonyl (C=O) groups is 2. The van der Waals surface area contributed by atoms with Gasteiger partial charge < -0.3 is 10.2 Å². The highest BCUT2D eigenvalue weighted by Crippen LogP contribution is 2.19. The molecule has 1 aromatic rings. The Kier molecular flexibility index (Phi) is 6.63. The van der Waals surface area contributed by atoms with Gasteiger partial charge >= 0.3 is 0 Å². The monoisotopic (exact) mass is 380 g/mol. The van der Waals surface area contributed by atoms with Crippen molar-refractivity contribution in [3.05, 3.63) is 34.3 Å². The van der Waals surface area contributed by atoms with Crippen molar-refractivity contribution in [1.29, 1.82) is 0 Å².